The van der Waals surface area contributed by atoms with Crippen molar-refractivity contribution < 1.29 is 14.3 Å². The average molecular weight is 386 g/mol. The molecule has 0 bridgehead atoms. The standard InChI is InChI=1S/C22H18N4O3/c27-21(24-15-8-9-19-20(13-15)29-12-11-28-19)14-26-18-7-2-1-5-16(18)25-22(26)17-6-3-4-10-23-17/h1-10,13H,11-12,14H2,(H,24,27). The van der Waals surface area contributed by atoms with Crippen molar-refractivity contribution in [2.24, 2.45) is 0 Å². The molecule has 0 saturated carbocycles. The lowest BCUT2D eigenvalue weighted by molar-refractivity contribution is -0.116. The molecule has 5 rings (SSSR count). The van der Waals surface area contributed by atoms with Crippen LogP contribution in [0.1, 0.15) is 0 Å². The number of rotatable bonds is 4. The maximum atomic E-state index is 12.8. The highest BCUT2D eigenvalue weighted by Crippen LogP contribution is 2.32. The number of aromatic nitrogens is 3. The number of hydrogen-bond donors (Lipinski definition) is 1. The quantitative estimate of drug-likeness (QED) is 0.581. The maximum absolute atomic E-state index is 12.8. The number of amides is 1. The molecule has 1 aliphatic rings. The smallest absolute Gasteiger partial charge is 0.244 e. The Morgan fingerprint density at radius 1 is 1.00 bits per heavy atom. The number of nitrogens with one attached hydrogen (secondary N) is 1. The Morgan fingerprint density at radius 3 is 2.69 bits per heavy atom. The van der Waals surface area contributed by atoms with Crippen molar-refractivity contribution in [1.29, 1.82) is 0 Å². The van der Waals surface area contributed by atoms with E-state index in [0.717, 1.165) is 16.7 Å². The van der Waals surface area contributed by atoms with Gasteiger partial charge in [0.25, 0.3) is 0 Å². The normalized spacial score (nSPS) is 12.7. The summed E-state index contributed by atoms with van der Waals surface area (Å²) in [5.41, 5.74) is 3.07. The van der Waals surface area contributed by atoms with Crippen LogP contribution in [0.25, 0.3) is 22.6 Å². The van der Waals surface area contributed by atoms with Gasteiger partial charge in [-0.05, 0) is 36.4 Å². The summed E-state index contributed by atoms with van der Waals surface area (Å²) in [4.78, 5) is 21.9. The van der Waals surface area contributed by atoms with E-state index in [-0.39, 0.29) is 12.5 Å². The molecule has 0 saturated heterocycles. The van der Waals surface area contributed by atoms with Gasteiger partial charge in [0.05, 0.1) is 11.0 Å². The molecule has 2 aromatic heterocycles. The molecule has 144 valence electrons. The number of benzene rings is 2. The monoisotopic (exact) mass is 386 g/mol. The van der Waals surface area contributed by atoms with Gasteiger partial charge >= 0.3 is 0 Å². The number of ether oxygens (including phenoxy) is 2. The van der Waals surface area contributed by atoms with Crippen LogP contribution in [-0.4, -0.2) is 33.7 Å². The van der Waals surface area contributed by atoms with Crippen LogP contribution in [-0.2, 0) is 11.3 Å². The Hall–Kier alpha value is -3.87. The lowest BCUT2D eigenvalue weighted by Crippen LogP contribution is -2.20. The summed E-state index contributed by atoms with van der Waals surface area (Å²) in [5.74, 6) is 1.81. The molecule has 3 heterocycles. The Kier molecular flexibility index (Phi) is 4.32. The molecule has 29 heavy (non-hydrogen) atoms. The largest absolute Gasteiger partial charge is 0.486 e. The molecule has 0 unspecified atom stereocenters. The molecule has 1 amide bonds. The summed E-state index contributed by atoms with van der Waals surface area (Å²) < 4.78 is 13.0. The van der Waals surface area contributed by atoms with E-state index < -0.39 is 0 Å². The highest BCUT2D eigenvalue weighted by Gasteiger charge is 2.17. The molecular weight excluding hydrogens is 368 g/mol. The van der Waals surface area contributed by atoms with E-state index in [9.17, 15) is 4.79 Å². The van der Waals surface area contributed by atoms with Crippen molar-refractivity contribution in [1.82, 2.24) is 14.5 Å². The van der Waals surface area contributed by atoms with Crippen molar-refractivity contribution >= 4 is 22.6 Å². The van der Waals surface area contributed by atoms with Crippen LogP contribution in [0.15, 0.2) is 66.9 Å². The minimum absolute atomic E-state index is 0.112. The van der Waals surface area contributed by atoms with Gasteiger partial charge in [-0.15, -0.1) is 0 Å². The van der Waals surface area contributed by atoms with Crippen molar-refractivity contribution in [3.63, 3.8) is 0 Å². The second-order valence-electron chi connectivity index (χ2n) is 6.63. The summed E-state index contributed by atoms with van der Waals surface area (Å²) in [7, 11) is 0. The number of carbonyl (C=O) groups is 1. The first kappa shape index (κ1) is 17.2. The molecule has 0 spiro atoms. The predicted octanol–water partition coefficient (Wildman–Crippen LogP) is 3.51. The van der Waals surface area contributed by atoms with Gasteiger partial charge in [-0.3, -0.25) is 9.78 Å². The van der Waals surface area contributed by atoms with E-state index in [0.29, 0.717) is 36.2 Å². The summed E-state index contributed by atoms with van der Waals surface area (Å²) in [6, 6.07) is 18.8. The number of carbonyl (C=O) groups excluding carboxylic acids is 1. The third-order valence-corrected chi connectivity index (χ3v) is 4.68. The average Bonchev–Trinajstić information content (AvgIpc) is 3.12. The number of hydrogen-bond acceptors (Lipinski definition) is 5. The molecular formula is C22H18N4O3. The van der Waals surface area contributed by atoms with Crippen molar-refractivity contribution in [2.45, 2.75) is 6.54 Å². The number of para-hydroxylation sites is 2. The summed E-state index contributed by atoms with van der Waals surface area (Å²) in [6.07, 6.45) is 1.72. The van der Waals surface area contributed by atoms with Gasteiger partial charge in [-0.2, -0.15) is 0 Å². The Bertz CT molecular complexity index is 1190. The molecule has 4 aromatic rings. The van der Waals surface area contributed by atoms with Gasteiger partial charge in [-0.25, -0.2) is 4.98 Å². The van der Waals surface area contributed by atoms with Crippen LogP contribution in [0.4, 0.5) is 5.69 Å². The molecule has 1 N–H and O–H groups in total. The van der Waals surface area contributed by atoms with Gasteiger partial charge in [0.15, 0.2) is 17.3 Å². The van der Waals surface area contributed by atoms with E-state index in [1.54, 1.807) is 24.4 Å². The molecule has 2 aromatic carbocycles. The van der Waals surface area contributed by atoms with Crippen LogP contribution in [0, 0.1) is 0 Å². The zero-order valence-corrected chi connectivity index (χ0v) is 15.5. The molecule has 0 fully saturated rings. The van der Waals surface area contributed by atoms with Gasteiger partial charge in [0.1, 0.15) is 25.5 Å². The molecule has 0 atom stereocenters. The summed E-state index contributed by atoms with van der Waals surface area (Å²) in [6.45, 7) is 1.14. The lowest BCUT2D eigenvalue weighted by atomic mass is 10.2. The van der Waals surface area contributed by atoms with Crippen LogP contribution in [0.3, 0.4) is 0 Å². The lowest BCUT2D eigenvalue weighted by Gasteiger charge is -2.19. The fourth-order valence-corrected chi connectivity index (χ4v) is 3.39. The SMILES string of the molecule is O=C(Cn1c(-c2ccccn2)nc2ccccc21)Nc1ccc2c(c1)OCCO2. The first-order valence-electron chi connectivity index (χ1n) is 9.34. The minimum Gasteiger partial charge on any atom is -0.486 e. The molecule has 0 radical (unpaired) electrons. The number of nitrogens with zero attached hydrogens (tertiary/aromatic N) is 3. The van der Waals surface area contributed by atoms with E-state index in [1.807, 2.05) is 47.0 Å². The van der Waals surface area contributed by atoms with E-state index in [4.69, 9.17) is 9.47 Å². The second kappa shape index (κ2) is 7.27. The number of anilines is 1. The fourth-order valence-electron chi connectivity index (χ4n) is 3.39. The van der Waals surface area contributed by atoms with Gasteiger partial charge in [0, 0.05) is 18.0 Å². The molecule has 0 aliphatic carbocycles. The Balaban J connectivity index is 1.44. The van der Waals surface area contributed by atoms with Crippen LogP contribution >= 0.6 is 0 Å². The second-order valence-corrected chi connectivity index (χ2v) is 6.63. The minimum atomic E-state index is -0.165. The van der Waals surface area contributed by atoms with E-state index >= 15 is 0 Å². The Morgan fingerprint density at radius 2 is 1.83 bits per heavy atom. The van der Waals surface area contributed by atoms with Crippen molar-refractivity contribution in [3.05, 3.63) is 66.9 Å². The third-order valence-electron chi connectivity index (χ3n) is 4.68. The maximum Gasteiger partial charge on any atom is 0.244 e. The zero-order chi connectivity index (χ0) is 19.6. The first-order valence-corrected chi connectivity index (χ1v) is 9.34. The Labute approximate surface area is 166 Å². The topological polar surface area (TPSA) is 78.3 Å². The zero-order valence-electron chi connectivity index (χ0n) is 15.5. The van der Waals surface area contributed by atoms with E-state index in [2.05, 4.69) is 15.3 Å². The van der Waals surface area contributed by atoms with Crippen molar-refractivity contribution in [3.8, 4) is 23.0 Å². The fraction of sp³-hybridized carbons (Fsp3) is 0.136. The number of fused-ring (bicyclic) bond motifs is 2. The van der Waals surface area contributed by atoms with Crippen LogP contribution in [0.5, 0.6) is 11.5 Å². The highest BCUT2D eigenvalue weighted by atomic mass is 16.6. The van der Waals surface area contributed by atoms with Gasteiger partial charge in [-0.1, -0.05) is 18.2 Å². The van der Waals surface area contributed by atoms with Crippen LogP contribution < -0.4 is 14.8 Å². The third kappa shape index (κ3) is 3.38. The molecule has 7 nitrogen and oxygen atoms in total. The van der Waals surface area contributed by atoms with Gasteiger partial charge in [0.2, 0.25) is 5.91 Å². The molecule has 7 heteroatoms. The number of imidazole rings is 1. The summed E-state index contributed by atoms with van der Waals surface area (Å²) >= 11 is 0. The van der Waals surface area contributed by atoms with Crippen LogP contribution in [0.2, 0.25) is 0 Å². The number of pyridine rings is 1. The highest BCUT2D eigenvalue weighted by molar-refractivity contribution is 5.93. The summed E-state index contributed by atoms with van der Waals surface area (Å²) in [5, 5.41) is 2.93. The predicted molar refractivity (Wildman–Crippen MR) is 109 cm³/mol. The first-order chi connectivity index (χ1) is 14.3. The van der Waals surface area contributed by atoms with Gasteiger partial charge < -0.3 is 19.4 Å². The van der Waals surface area contributed by atoms with Crippen molar-refractivity contribution in [2.75, 3.05) is 18.5 Å². The molecule has 1 aliphatic heterocycles. The van der Waals surface area contributed by atoms with E-state index in [1.165, 1.54) is 0 Å².